The van der Waals surface area contributed by atoms with Crippen molar-refractivity contribution in [3.63, 3.8) is 0 Å². The Morgan fingerprint density at radius 2 is 1.84 bits per heavy atom. The molecule has 1 aromatic carbocycles. The van der Waals surface area contributed by atoms with Gasteiger partial charge >= 0.3 is 0 Å². The fourth-order valence-electron chi connectivity index (χ4n) is 2.90. The number of anilines is 1. The van der Waals surface area contributed by atoms with E-state index >= 15 is 0 Å². The van der Waals surface area contributed by atoms with Gasteiger partial charge in [0.05, 0.1) is 29.5 Å². The monoisotopic (exact) mass is 451 g/mol. The number of ether oxygens (including phenoxy) is 1. The Balaban J connectivity index is 2.27. The van der Waals surface area contributed by atoms with Crippen LogP contribution in [0.5, 0.6) is 5.75 Å². The summed E-state index contributed by atoms with van der Waals surface area (Å²) < 4.78 is 37.9. The quantitative estimate of drug-likeness (QED) is 0.595. The van der Waals surface area contributed by atoms with Gasteiger partial charge in [-0.05, 0) is 44.2 Å². The first-order valence-electron chi connectivity index (χ1n) is 9.99. The summed E-state index contributed by atoms with van der Waals surface area (Å²) in [6.45, 7) is 7.55. The van der Waals surface area contributed by atoms with E-state index in [1.165, 1.54) is 46.8 Å². The molecule has 0 aliphatic carbocycles. The normalized spacial score (nSPS) is 11.6. The lowest BCUT2D eigenvalue weighted by Crippen LogP contribution is -2.35. The van der Waals surface area contributed by atoms with Gasteiger partial charge in [0.15, 0.2) is 5.76 Å². The van der Waals surface area contributed by atoms with Gasteiger partial charge in [-0.2, -0.15) is 4.31 Å². The van der Waals surface area contributed by atoms with Crippen molar-refractivity contribution < 1.29 is 27.2 Å². The van der Waals surface area contributed by atoms with E-state index in [1.807, 2.05) is 13.8 Å². The zero-order valence-corrected chi connectivity index (χ0v) is 19.2. The average molecular weight is 452 g/mol. The minimum atomic E-state index is -3.72. The summed E-state index contributed by atoms with van der Waals surface area (Å²) in [6.07, 6.45) is 1.18. The first kappa shape index (κ1) is 24.4. The Kier molecular flexibility index (Phi) is 8.23. The third kappa shape index (κ3) is 6.08. The minimum Gasteiger partial charge on any atom is -0.489 e. The van der Waals surface area contributed by atoms with Crippen molar-refractivity contribution in [3.8, 4) is 5.75 Å². The summed E-state index contributed by atoms with van der Waals surface area (Å²) in [4.78, 5) is 26.1. The van der Waals surface area contributed by atoms with Crippen molar-refractivity contribution in [2.75, 3.05) is 32.0 Å². The summed E-state index contributed by atoms with van der Waals surface area (Å²) >= 11 is 0. The lowest BCUT2D eigenvalue weighted by atomic mass is 10.2. The molecule has 2 amide bonds. The Bertz CT molecular complexity index is 998. The lowest BCUT2D eigenvalue weighted by molar-refractivity contribution is -0.116. The maximum Gasteiger partial charge on any atom is 0.289 e. The molecular weight excluding hydrogens is 422 g/mol. The zero-order chi connectivity index (χ0) is 23.2. The molecule has 10 heteroatoms. The van der Waals surface area contributed by atoms with Crippen molar-refractivity contribution in [2.45, 2.75) is 38.7 Å². The highest BCUT2D eigenvalue weighted by Crippen LogP contribution is 2.30. The van der Waals surface area contributed by atoms with Crippen LogP contribution < -0.4 is 10.1 Å². The summed E-state index contributed by atoms with van der Waals surface area (Å²) in [5.74, 6) is -0.502. The van der Waals surface area contributed by atoms with E-state index in [2.05, 4.69) is 5.32 Å². The number of amides is 2. The van der Waals surface area contributed by atoms with Gasteiger partial charge in [0.2, 0.25) is 15.9 Å². The minimum absolute atomic E-state index is 0.0441. The molecule has 1 N–H and O–H groups in total. The highest BCUT2D eigenvalue weighted by atomic mass is 32.2. The molecule has 0 saturated heterocycles. The van der Waals surface area contributed by atoms with Crippen LogP contribution in [0.2, 0.25) is 0 Å². The number of hydrogen-bond acceptors (Lipinski definition) is 6. The molecule has 31 heavy (non-hydrogen) atoms. The van der Waals surface area contributed by atoms with Crippen LogP contribution in [0, 0.1) is 0 Å². The number of likely N-dealkylation sites (N-methyl/N-ethyl adjacent to an activating group) is 1. The van der Waals surface area contributed by atoms with Gasteiger partial charge in [-0.15, -0.1) is 0 Å². The Hall–Kier alpha value is -2.85. The molecule has 9 nitrogen and oxygen atoms in total. The topological polar surface area (TPSA) is 109 Å². The average Bonchev–Trinajstić information content (AvgIpc) is 3.23. The fourth-order valence-corrected chi connectivity index (χ4v) is 4.39. The van der Waals surface area contributed by atoms with Crippen LogP contribution in [0.25, 0.3) is 0 Å². The van der Waals surface area contributed by atoms with E-state index in [1.54, 1.807) is 19.9 Å². The fraction of sp³-hybridized carbons (Fsp3) is 0.429. The summed E-state index contributed by atoms with van der Waals surface area (Å²) in [7, 11) is -2.25. The van der Waals surface area contributed by atoms with E-state index in [4.69, 9.17) is 9.15 Å². The van der Waals surface area contributed by atoms with Crippen LogP contribution in [0.1, 0.15) is 38.2 Å². The number of rotatable bonds is 10. The van der Waals surface area contributed by atoms with Gasteiger partial charge in [-0.25, -0.2) is 8.42 Å². The first-order valence-corrected chi connectivity index (χ1v) is 11.4. The smallest absolute Gasteiger partial charge is 0.289 e. The predicted molar refractivity (Wildman–Crippen MR) is 117 cm³/mol. The highest BCUT2D eigenvalue weighted by molar-refractivity contribution is 7.89. The van der Waals surface area contributed by atoms with Gasteiger partial charge < -0.3 is 19.4 Å². The second-order valence-corrected chi connectivity index (χ2v) is 9.04. The summed E-state index contributed by atoms with van der Waals surface area (Å²) in [5, 5.41) is 2.66. The lowest BCUT2D eigenvalue weighted by Gasteiger charge is -2.21. The van der Waals surface area contributed by atoms with Crippen LogP contribution in [-0.4, -0.2) is 62.2 Å². The van der Waals surface area contributed by atoms with Crippen molar-refractivity contribution in [3.05, 3.63) is 42.4 Å². The Morgan fingerprint density at radius 1 is 1.16 bits per heavy atom. The Labute approximate surface area is 183 Å². The Morgan fingerprint density at radius 3 is 2.39 bits per heavy atom. The first-order chi connectivity index (χ1) is 14.6. The molecule has 0 bridgehead atoms. The van der Waals surface area contributed by atoms with Gasteiger partial charge in [0, 0.05) is 20.1 Å². The molecule has 0 saturated carbocycles. The number of carbonyl (C=O) groups excluding carboxylic acids is 2. The van der Waals surface area contributed by atoms with Crippen LogP contribution in [0.4, 0.5) is 5.69 Å². The molecule has 170 valence electrons. The third-order valence-corrected chi connectivity index (χ3v) is 6.44. The van der Waals surface area contributed by atoms with Crippen molar-refractivity contribution in [1.82, 2.24) is 9.21 Å². The summed E-state index contributed by atoms with van der Waals surface area (Å²) in [5.41, 5.74) is 0.214. The van der Waals surface area contributed by atoms with Crippen molar-refractivity contribution in [1.29, 1.82) is 0 Å². The second kappa shape index (κ2) is 10.5. The van der Waals surface area contributed by atoms with Crippen LogP contribution in [0.15, 0.2) is 45.9 Å². The molecule has 2 aromatic rings. The number of furan rings is 1. The largest absolute Gasteiger partial charge is 0.489 e. The molecule has 2 rings (SSSR count). The number of nitrogens with one attached hydrogen (secondary N) is 1. The van der Waals surface area contributed by atoms with Crippen molar-refractivity contribution in [2.24, 2.45) is 0 Å². The molecular formula is C21H29N3O6S. The summed E-state index contributed by atoms with van der Waals surface area (Å²) in [6, 6.07) is 7.43. The molecule has 0 spiro atoms. The molecule has 1 heterocycles. The SMILES string of the molecule is CCN(CC)S(=O)(=O)c1ccc(OC(C)C)c(NC(=O)CN(C)C(=O)c2ccco2)c1. The van der Waals surface area contributed by atoms with E-state index in [-0.39, 0.29) is 29.0 Å². The van der Waals surface area contributed by atoms with Gasteiger partial charge in [-0.1, -0.05) is 13.8 Å². The van der Waals surface area contributed by atoms with Crippen LogP contribution in [0.3, 0.4) is 0 Å². The third-order valence-electron chi connectivity index (χ3n) is 4.39. The van der Waals surface area contributed by atoms with Gasteiger partial charge in [-0.3, -0.25) is 9.59 Å². The standard InChI is InChI=1S/C21H29N3O6S/c1-6-24(7-2)31(27,28)16-10-11-18(30-15(3)4)17(13-16)22-20(25)14-23(5)21(26)19-9-8-12-29-19/h8-13,15H,6-7,14H2,1-5H3,(H,22,25). The number of benzene rings is 1. The molecule has 0 aliphatic heterocycles. The molecule has 0 radical (unpaired) electrons. The van der Waals surface area contributed by atoms with Crippen molar-refractivity contribution >= 4 is 27.5 Å². The van der Waals surface area contributed by atoms with Gasteiger partial charge in [0.1, 0.15) is 5.75 Å². The predicted octanol–water partition coefficient (Wildman–Crippen LogP) is 2.81. The van der Waals surface area contributed by atoms with E-state index < -0.39 is 21.8 Å². The number of nitrogens with zero attached hydrogens (tertiary/aromatic N) is 2. The highest BCUT2D eigenvalue weighted by Gasteiger charge is 2.24. The molecule has 0 fully saturated rings. The van der Waals surface area contributed by atoms with Crippen LogP contribution in [-0.2, 0) is 14.8 Å². The van der Waals surface area contributed by atoms with E-state index in [9.17, 15) is 18.0 Å². The zero-order valence-electron chi connectivity index (χ0n) is 18.4. The maximum absolute atomic E-state index is 12.9. The molecule has 1 aromatic heterocycles. The van der Waals surface area contributed by atoms with E-state index in [0.717, 1.165) is 0 Å². The van der Waals surface area contributed by atoms with Gasteiger partial charge in [0.25, 0.3) is 5.91 Å². The second-order valence-electron chi connectivity index (χ2n) is 7.10. The molecule has 0 atom stereocenters. The number of sulfonamides is 1. The maximum atomic E-state index is 12.9. The number of hydrogen-bond donors (Lipinski definition) is 1. The van der Waals surface area contributed by atoms with Crippen LogP contribution >= 0.6 is 0 Å². The molecule has 0 aliphatic rings. The molecule has 0 unspecified atom stereocenters. The number of carbonyl (C=O) groups is 2. The van der Waals surface area contributed by atoms with E-state index in [0.29, 0.717) is 18.8 Å².